The van der Waals surface area contributed by atoms with Crippen LogP contribution in [-0.4, -0.2) is 43.8 Å². The Bertz CT molecular complexity index is 1330. The molecule has 1 aliphatic rings. The van der Waals surface area contributed by atoms with Crippen LogP contribution < -0.4 is 9.62 Å². The molecule has 0 fully saturated rings. The lowest BCUT2D eigenvalue weighted by molar-refractivity contribution is -0.140. The topological polar surface area (TPSA) is 86.8 Å². The summed E-state index contributed by atoms with van der Waals surface area (Å²) in [5.41, 5.74) is 1.57. The molecule has 35 heavy (non-hydrogen) atoms. The Balaban J connectivity index is 1.49. The molecule has 0 radical (unpaired) electrons. The van der Waals surface area contributed by atoms with Crippen molar-refractivity contribution >= 4 is 38.3 Å². The third-order valence-corrected chi connectivity index (χ3v) is 8.08. The van der Waals surface area contributed by atoms with E-state index in [-0.39, 0.29) is 30.8 Å². The molecular weight excluding hydrogens is 462 g/mol. The SMILES string of the molecule is CC(C)NC(=O)[C@@H](C)N(Cc1ccccc1)C(=O)CCCN1c2cccc3cccc(c23)S1(=O)=O. The molecular formula is C27H31N3O4S. The number of sulfonamides is 1. The minimum Gasteiger partial charge on any atom is -0.352 e. The zero-order valence-electron chi connectivity index (χ0n) is 20.3. The monoisotopic (exact) mass is 493 g/mol. The standard InChI is InChI=1S/C27H31N3O4S/c1-19(2)28-27(32)20(3)29(18-21-10-5-4-6-11-21)25(31)16-9-17-30-23-14-7-12-22-13-8-15-24(26(22)23)35(30,33)34/h4-8,10-15,19-20H,9,16-18H2,1-3H3,(H,28,32)/t20-/m1/s1. The first-order valence-corrected chi connectivity index (χ1v) is 13.3. The number of nitrogens with zero attached hydrogens (tertiary/aromatic N) is 2. The van der Waals surface area contributed by atoms with Crippen LogP contribution in [0.3, 0.4) is 0 Å². The third-order valence-electron chi connectivity index (χ3n) is 6.23. The van der Waals surface area contributed by atoms with Crippen LogP contribution >= 0.6 is 0 Å². The molecule has 0 unspecified atom stereocenters. The Morgan fingerprint density at radius 3 is 2.31 bits per heavy atom. The van der Waals surface area contributed by atoms with Crippen molar-refractivity contribution in [2.75, 3.05) is 10.8 Å². The van der Waals surface area contributed by atoms with Crippen LogP contribution in [0.15, 0.2) is 71.6 Å². The predicted molar refractivity (Wildman–Crippen MR) is 137 cm³/mol. The van der Waals surface area contributed by atoms with Gasteiger partial charge >= 0.3 is 0 Å². The molecule has 4 rings (SSSR count). The van der Waals surface area contributed by atoms with Gasteiger partial charge in [0.1, 0.15) is 6.04 Å². The molecule has 0 bridgehead atoms. The highest BCUT2D eigenvalue weighted by Gasteiger charge is 2.35. The second-order valence-electron chi connectivity index (χ2n) is 9.16. The van der Waals surface area contributed by atoms with E-state index in [2.05, 4.69) is 5.32 Å². The first-order chi connectivity index (χ1) is 16.7. The van der Waals surface area contributed by atoms with Crippen molar-refractivity contribution in [3.8, 4) is 0 Å². The number of hydrogen-bond donors (Lipinski definition) is 1. The van der Waals surface area contributed by atoms with Crippen molar-refractivity contribution in [1.82, 2.24) is 10.2 Å². The van der Waals surface area contributed by atoms with E-state index in [1.807, 2.05) is 62.4 Å². The van der Waals surface area contributed by atoms with Crippen LogP contribution in [0.5, 0.6) is 0 Å². The highest BCUT2D eigenvalue weighted by molar-refractivity contribution is 7.93. The first kappa shape index (κ1) is 24.7. The van der Waals surface area contributed by atoms with Gasteiger partial charge in [-0.2, -0.15) is 0 Å². The fourth-order valence-corrected chi connectivity index (χ4v) is 6.23. The molecule has 0 saturated carbocycles. The molecule has 3 aromatic rings. The van der Waals surface area contributed by atoms with Crippen molar-refractivity contribution in [3.63, 3.8) is 0 Å². The summed E-state index contributed by atoms with van der Waals surface area (Å²) in [6.07, 6.45) is 0.469. The number of rotatable bonds is 9. The largest absolute Gasteiger partial charge is 0.352 e. The molecule has 1 heterocycles. The summed E-state index contributed by atoms with van der Waals surface area (Å²) in [6.45, 7) is 5.97. The van der Waals surface area contributed by atoms with Gasteiger partial charge in [-0.15, -0.1) is 0 Å². The van der Waals surface area contributed by atoms with E-state index in [0.717, 1.165) is 16.3 Å². The zero-order valence-corrected chi connectivity index (χ0v) is 21.1. The number of nitrogens with one attached hydrogen (secondary N) is 1. The summed E-state index contributed by atoms with van der Waals surface area (Å²) in [6, 6.07) is 19.7. The maximum Gasteiger partial charge on any atom is 0.265 e. The smallest absolute Gasteiger partial charge is 0.265 e. The molecule has 0 aromatic heterocycles. The number of benzene rings is 3. The summed E-state index contributed by atoms with van der Waals surface area (Å²) in [4.78, 5) is 27.9. The van der Waals surface area contributed by atoms with Crippen molar-refractivity contribution in [2.24, 2.45) is 0 Å². The summed E-state index contributed by atoms with van der Waals surface area (Å²) >= 11 is 0. The van der Waals surface area contributed by atoms with Gasteiger partial charge in [0.15, 0.2) is 0 Å². The Hall–Kier alpha value is -3.39. The molecule has 184 valence electrons. The second kappa shape index (κ2) is 10.1. The van der Waals surface area contributed by atoms with Crippen LogP contribution in [0.1, 0.15) is 39.2 Å². The Labute approximate surface area is 206 Å². The molecule has 0 spiro atoms. The minimum absolute atomic E-state index is 0.0386. The van der Waals surface area contributed by atoms with E-state index in [1.165, 1.54) is 4.31 Å². The lowest BCUT2D eigenvalue weighted by Gasteiger charge is -2.29. The van der Waals surface area contributed by atoms with Gasteiger partial charge in [0.2, 0.25) is 11.8 Å². The van der Waals surface area contributed by atoms with Crippen molar-refractivity contribution in [1.29, 1.82) is 0 Å². The van der Waals surface area contributed by atoms with Gasteiger partial charge in [-0.05, 0) is 50.3 Å². The van der Waals surface area contributed by atoms with Gasteiger partial charge in [0.05, 0.1) is 10.6 Å². The summed E-state index contributed by atoms with van der Waals surface area (Å²) < 4.78 is 27.8. The fourth-order valence-electron chi connectivity index (χ4n) is 4.48. The third kappa shape index (κ3) is 5.03. The highest BCUT2D eigenvalue weighted by Crippen LogP contribution is 2.42. The van der Waals surface area contributed by atoms with Crippen molar-refractivity contribution in [3.05, 3.63) is 72.3 Å². The number of anilines is 1. The number of amides is 2. The van der Waals surface area contributed by atoms with Crippen molar-refractivity contribution < 1.29 is 18.0 Å². The molecule has 1 aliphatic heterocycles. The van der Waals surface area contributed by atoms with Gasteiger partial charge in [0, 0.05) is 30.9 Å². The van der Waals surface area contributed by atoms with E-state index in [1.54, 1.807) is 30.0 Å². The van der Waals surface area contributed by atoms with Gasteiger partial charge in [-0.3, -0.25) is 13.9 Å². The number of carbonyl (C=O) groups excluding carboxylic acids is 2. The molecule has 2 amide bonds. The average Bonchev–Trinajstić information content (AvgIpc) is 3.05. The average molecular weight is 494 g/mol. The van der Waals surface area contributed by atoms with Crippen LogP contribution in [0.25, 0.3) is 10.8 Å². The highest BCUT2D eigenvalue weighted by atomic mass is 32.2. The molecule has 7 nitrogen and oxygen atoms in total. The molecule has 0 saturated heterocycles. The second-order valence-corrected chi connectivity index (χ2v) is 11.0. The lowest BCUT2D eigenvalue weighted by atomic mass is 10.1. The maximum absolute atomic E-state index is 13.3. The minimum atomic E-state index is -3.66. The van der Waals surface area contributed by atoms with Gasteiger partial charge in [-0.25, -0.2) is 8.42 Å². The van der Waals surface area contributed by atoms with Crippen molar-refractivity contribution in [2.45, 2.75) is 57.1 Å². The molecule has 8 heteroatoms. The Morgan fingerprint density at radius 2 is 1.63 bits per heavy atom. The molecule has 1 N–H and O–H groups in total. The van der Waals surface area contributed by atoms with Gasteiger partial charge in [0.25, 0.3) is 10.0 Å². The van der Waals surface area contributed by atoms with Crippen LogP contribution in [0.2, 0.25) is 0 Å². The molecule has 3 aromatic carbocycles. The zero-order chi connectivity index (χ0) is 25.2. The van der Waals surface area contributed by atoms with E-state index < -0.39 is 16.1 Å². The summed E-state index contributed by atoms with van der Waals surface area (Å²) in [5.74, 6) is -0.402. The Kier molecular flexibility index (Phi) is 7.12. The normalized spacial score (nSPS) is 14.8. The lowest BCUT2D eigenvalue weighted by Crippen LogP contribution is -2.49. The number of carbonyl (C=O) groups is 2. The maximum atomic E-state index is 13.3. The fraction of sp³-hybridized carbons (Fsp3) is 0.333. The van der Waals surface area contributed by atoms with Crippen LogP contribution in [-0.2, 0) is 26.2 Å². The Morgan fingerprint density at radius 1 is 0.943 bits per heavy atom. The van der Waals surface area contributed by atoms with Gasteiger partial charge in [-0.1, -0.05) is 54.6 Å². The quantitative estimate of drug-likeness (QED) is 0.487. The van der Waals surface area contributed by atoms with E-state index >= 15 is 0 Å². The molecule has 1 atom stereocenters. The molecule has 0 aliphatic carbocycles. The van der Waals surface area contributed by atoms with E-state index in [0.29, 0.717) is 23.5 Å². The van der Waals surface area contributed by atoms with Crippen LogP contribution in [0, 0.1) is 0 Å². The summed E-state index contributed by atoms with van der Waals surface area (Å²) in [7, 11) is -3.66. The summed E-state index contributed by atoms with van der Waals surface area (Å²) in [5, 5.41) is 4.48. The predicted octanol–water partition coefficient (Wildman–Crippen LogP) is 4.07. The van der Waals surface area contributed by atoms with Gasteiger partial charge < -0.3 is 10.2 Å². The first-order valence-electron chi connectivity index (χ1n) is 11.9. The van der Waals surface area contributed by atoms with Crippen LogP contribution in [0.4, 0.5) is 5.69 Å². The van der Waals surface area contributed by atoms with E-state index in [9.17, 15) is 18.0 Å². The van der Waals surface area contributed by atoms with E-state index in [4.69, 9.17) is 0 Å². The number of hydrogen-bond acceptors (Lipinski definition) is 4.